The van der Waals surface area contributed by atoms with Gasteiger partial charge in [-0.2, -0.15) is 0 Å². The van der Waals surface area contributed by atoms with Crippen molar-refractivity contribution in [3.8, 4) is 0 Å². The zero-order chi connectivity index (χ0) is 30.3. The third-order valence-corrected chi connectivity index (χ3v) is 10.0. The van der Waals surface area contributed by atoms with Crippen molar-refractivity contribution in [2.75, 3.05) is 0 Å². The SMILES string of the molecule is CCCCCCCCCC(CCCCCCCC)C(CCCCCCCCC)(CCCCCCCCC)OP(O)O. The van der Waals surface area contributed by atoms with Crippen molar-refractivity contribution in [3.63, 3.8) is 0 Å². The molecular weight excluding hydrogens is 523 g/mol. The Morgan fingerprint density at radius 2 is 0.683 bits per heavy atom. The molecule has 0 saturated carbocycles. The molecule has 0 amide bonds. The average molecular weight is 601 g/mol. The smallest absolute Gasteiger partial charge is 0.327 e. The van der Waals surface area contributed by atoms with Crippen molar-refractivity contribution in [2.24, 2.45) is 5.92 Å². The van der Waals surface area contributed by atoms with Crippen molar-refractivity contribution < 1.29 is 14.3 Å². The van der Waals surface area contributed by atoms with E-state index in [4.69, 9.17) is 4.52 Å². The maximum absolute atomic E-state index is 10.3. The predicted molar refractivity (Wildman–Crippen MR) is 184 cm³/mol. The molecule has 0 fully saturated rings. The van der Waals surface area contributed by atoms with Gasteiger partial charge in [0.1, 0.15) is 0 Å². The summed E-state index contributed by atoms with van der Waals surface area (Å²) < 4.78 is 6.37. The predicted octanol–water partition coefficient (Wildman–Crippen LogP) is 13.7. The quantitative estimate of drug-likeness (QED) is 0.0570. The highest BCUT2D eigenvalue weighted by molar-refractivity contribution is 7.39. The molecule has 0 rings (SSSR count). The summed E-state index contributed by atoms with van der Waals surface area (Å²) in [6.45, 7) is 9.15. The van der Waals surface area contributed by atoms with Crippen molar-refractivity contribution in [1.29, 1.82) is 0 Å². The van der Waals surface area contributed by atoms with Gasteiger partial charge in [0, 0.05) is 0 Å². The monoisotopic (exact) mass is 601 g/mol. The van der Waals surface area contributed by atoms with E-state index in [1.54, 1.807) is 0 Å². The van der Waals surface area contributed by atoms with Gasteiger partial charge in [0.25, 0.3) is 0 Å². The molecule has 3 nitrogen and oxygen atoms in total. The van der Waals surface area contributed by atoms with E-state index < -0.39 is 8.60 Å². The van der Waals surface area contributed by atoms with Gasteiger partial charge in [-0.15, -0.1) is 0 Å². The molecule has 0 aromatic carbocycles. The van der Waals surface area contributed by atoms with Crippen LogP contribution in [0.2, 0.25) is 0 Å². The summed E-state index contributed by atoms with van der Waals surface area (Å²) in [5.74, 6) is 0.453. The highest BCUT2D eigenvalue weighted by Crippen LogP contribution is 2.47. The highest BCUT2D eigenvalue weighted by atomic mass is 31.2. The van der Waals surface area contributed by atoms with Crippen LogP contribution in [0.4, 0.5) is 0 Å². The second kappa shape index (κ2) is 31.7. The van der Waals surface area contributed by atoms with Crippen LogP contribution in [0.25, 0.3) is 0 Å². The minimum Gasteiger partial charge on any atom is -0.328 e. The topological polar surface area (TPSA) is 49.7 Å². The summed E-state index contributed by atoms with van der Waals surface area (Å²) in [4.78, 5) is 20.6. The van der Waals surface area contributed by atoms with Gasteiger partial charge in [0.2, 0.25) is 0 Å². The second-order valence-electron chi connectivity index (χ2n) is 13.3. The number of rotatable bonds is 34. The van der Waals surface area contributed by atoms with Crippen LogP contribution in [0.5, 0.6) is 0 Å². The molecular formula is C37H77O3P. The van der Waals surface area contributed by atoms with Crippen molar-refractivity contribution in [2.45, 2.75) is 232 Å². The van der Waals surface area contributed by atoms with Gasteiger partial charge in [-0.3, -0.25) is 0 Å². The van der Waals surface area contributed by atoms with Crippen LogP contribution in [0, 0.1) is 5.92 Å². The summed E-state index contributed by atoms with van der Waals surface area (Å²) in [5, 5.41) is 0. The van der Waals surface area contributed by atoms with Gasteiger partial charge in [-0.1, -0.05) is 201 Å². The molecule has 4 heteroatoms. The van der Waals surface area contributed by atoms with Gasteiger partial charge < -0.3 is 14.3 Å². The molecule has 0 aromatic heterocycles. The molecule has 1 atom stereocenters. The Labute approximate surface area is 260 Å². The van der Waals surface area contributed by atoms with Crippen LogP contribution in [0.3, 0.4) is 0 Å². The lowest BCUT2D eigenvalue weighted by molar-refractivity contribution is -0.0297. The van der Waals surface area contributed by atoms with Crippen LogP contribution in [0.1, 0.15) is 227 Å². The van der Waals surface area contributed by atoms with E-state index in [0.29, 0.717) is 5.92 Å². The first-order valence-electron chi connectivity index (χ1n) is 18.9. The standard InChI is InChI=1S/C37H77O3P/c1-5-9-13-17-21-25-29-33-36(32-28-24-20-16-12-8-4)37(40-41(38)39,34-30-26-22-18-14-10-6-2)35-31-27-23-19-15-11-7-3/h36,38-39H,5-35H2,1-4H3. The first-order valence-corrected chi connectivity index (χ1v) is 20.1. The van der Waals surface area contributed by atoms with E-state index in [1.165, 1.54) is 173 Å². The summed E-state index contributed by atoms with van der Waals surface area (Å²) in [5.41, 5.74) is -0.354. The van der Waals surface area contributed by atoms with Crippen molar-refractivity contribution >= 4 is 8.60 Å². The maximum Gasteiger partial charge on any atom is 0.327 e. The first kappa shape index (κ1) is 41.3. The molecule has 0 aliphatic carbocycles. The molecule has 0 aliphatic rings. The summed E-state index contributed by atoms with van der Waals surface area (Å²) in [7, 11) is -2.34. The van der Waals surface area contributed by atoms with Gasteiger partial charge in [0.05, 0.1) is 5.60 Å². The van der Waals surface area contributed by atoms with Crippen LogP contribution in [-0.4, -0.2) is 15.4 Å². The fourth-order valence-electron chi connectivity index (χ4n) is 6.81. The lowest BCUT2D eigenvalue weighted by Gasteiger charge is -2.42. The van der Waals surface area contributed by atoms with Crippen LogP contribution in [-0.2, 0) is 4.52 Å². The first-order chi connectivity index (χ1) is 20.1. The Bertz CT molecular complexity index is 481. The van der Waals surface area contributed by atoms with E-state index in [1.807, 2.05) is 0 Å². The molecule has 0 bridgehead atoms. The van der Waals surface area contributed by atoms with E-state index in [9.17, 15) is 9.79 Å². The summed E-state index contributed by atoms with van der Waals surface area (Å²) in [6, 6.07) is 0. The second-order valence-corrected chi connectivity index (χ2v) is 14.0. The molecule has 0 spiro atoms. The zero-order valence-corrected chi connectivity index (χ0v) is 29.6. The third kappa shape index (κ3) is 25.3. The maximum atomic E-state index is 10.3. The lowest BCUT2D eigenvalue weighted by atomic mass is 9.74. The lowest BCUT2D eigenvalue weighted by Crippen LogP contribution is -2.40. The molecule has 1 unspecified atom stereocenters. The summed E-state index contributed by atoms with van der Waals surface area (Å²) in [6.07, 6.45) is 39.8. The Kier molecular flexibility index (Phi) is 32.0. The highest BCUT2D eigenvalue weighted by Gasteiger charge is 2.40. The van der Waals surface area contributed by atoms with Gasteiger partial charge in [-0.05, 0) is 31.6 Å². The number of hydrogen-bond acceptors (Lipinski definition) is 3. The van der Waals surface area contributed by atoms with E-state index >= 15 is 0 Å². The Morgan fingerprint density at radius 1 is 0.415 bits per heavy atom. The molecule has 0 saturated heterocycles. The van der Waals surface area contributed by atoms with Crippen LogP contribution in [0.15, 0.2) is 0 Å². The molecule has 248 valence electrons. The number of unbranched alkanes of at least 4 members (excludes halogenated alkanes) is 23. The van der Waals surface area contributed by atoms with Crippen molar-refractivity contribution in [1.82, 2.24) is 0 Å². The van der Waals surface area contributed by atoms with E-state index in [0.717, 1.165) is 25.7 Å². The third-order valence-electron chi connectivity index (χ3n) is 9.48. The largest absolute Gasteiger partial charge is 0.328 e. The normalized spacial score (nSPS) is 13.0. The van der Waals surface area contributed by atoms with E-state index in [-0.39, 0.29) is 5.60 Å². The minimum absolute atomic E-state index is 0.354. The van der Waals surface area contributed by atoms with Crippen LogP contribution < -0.4 is 0 Å². The van der Waals surface area contributed by atoms with Gasteiger partial charge in [0.15, 0.2) is 0 Å². The summed E-state index contributed by atoms with van der Waals surface area (Å²) >= 11 is 0. The Balaban J connectivity index is 5.42. The molecule has 0 aromatic rings. The van der Waals surface area contributed by atoms with Gasteiger partial charge >= 0.3 is 8.60 Å². The molecule has 0 heterocycles. The Hall–Kier alpha value is 0.310. The fraction of sp³-hybridized carbons (Fsp3) is 1.00. The number of hydrogen-bond donors (Lipinski definition) is 2. The van der Waals surface area contributed by atoms with Gasteiger partial charge in [-0.25, -0.2) is 0 Å². The minimum atomic E-state index is -2.34. The molecule has 2 N–H and O–H groups in total. The molecule has 0 radical (unpaired) electrons. The van der Waals surface area contributed by atoms with E-state index in [2.05, 4.69) is 27.7 Å². The average Bonchev–Trinajstić information content (AvgIpc) is 2.96. The van der Waals surface area contributed by atoms with Crippen molar-refractivity contribution in [3.05, 3.63) is 0 Å². The molecule has 41 heavy (non-hydrogen) atoms. The fourth-order valence-corrected chi connectivity index (χ4v) is 7.47. The zero-order valence-electron chi connectivity index (χ0n) is 28.7. The van der Waals surface area contributed by atoms with Crippen LogP contribution >= 0.6 is 8.60 Å². The molecule has 0 aliphatic heterocycles. The Morgan fingerprint density at radius 3 is 0.976 bits per heavy atom.